The average Bonchev–Trinajstić information content (AvgIpc) is 2.35. The van der Waals surface area contributed by atoms with Gasteiger partial charge in [-0.25, -0.2) is 5.01 Å². The third-order valence-corrected chi connectivity index (χ3v) is 2.12. The zero-order chi connectivity index (χ0) is 13.9. The van der Waals surface area contributed by atoms with Crippen LogP contribution in [0.2, 0.25) is 0 Å². The molecule has 0 N–H and O–H groups in total. The maximum absolute atomic E-state index is 10.8. The van der Waals surface area contributed by atoms with Crippen molar-refractivity contribution >= 4 is 17.1 Å². The van der Waals surface area contributed by atoms with Crippen LogP contribution in [0.15, 0.2) is 17.4 Å². The molecule has 10 heteroatoms. The van der Waals surface area contributed by atoms with E-state index in [4.69, 9.17) is 4.74 Å². The van der Waals surface area contributed by atoms with Crippen molar-refractivity contribution in [1.82, 2.24) is 0 Å². The Morgan fingerprint density at radius 1 is 1.22 bits per heavy atom. The van der Waals surface area contributed by atoms with Gasteiger partial charge in [-0.05, 0) is 0 Å². The molecule has 0 aromatic heterocycles. The summed E-state index contributed by atoms with van der Waals surface area (Å²) in [6.07, 6.45) is 0. The Hall–Kier alpha value is -2.78. The lowest BCUT2D eigenvalue weighted by Gasteiger charge is -2.10. The first kappa shape index (κ1) is 13.3. The molecule has 0 saturated carbocycles. The molecule has 0 aliphatic rings. The Kier molecular flexibility index (Phi) is 3.72. The van der Waals surface area contributed by atoms with Crippen LogP contribution in [0, 0.1) is 25.1 Å². The third kappa shape index (κ3) is 2.31. The second-order valence-electron chi connectivity index (χ2n) is 3.13. The van der Waals surface area contributed by atoms with E-state index in [2.05, 4.69) is 5.29 Å². The topological polar surface area (TPSA) is 128 Å². The number of benzene rings is 1. The minimum absolute atomic E-state index is 0.0588. The fourth-order valence-corrected chi connectivity index (χ4v) is 1.35. The smallest absolute Gasteiger partial charge is 0.305 e. The van der Waals surface area contributed by atoms with Crippen LogP contribution in [-0.2, 0) is 0 Å². The van der Waals surface area contributed by atoms with E-state index in [1.165, 1.54) is 7.11 Å². The number of hydrogen-bond donors (Lipinski definition) is 0. The van der Waals surface area contributed by atoms with Gasteiger partial charge in [0.15, 0.2) is 0 Å². The van der Waals surface area contributed by atoms with Crippen LogP contribution >= 0.6 is 0 Å². The molecule has 96 valence electrons. The normalized spacial score (nSPS) is 9.67. The van der Waals surface area contributed by atoms with Crippen LogP contribution in [-0.4, -0.2) is 24.0 Å². The fraction of sp³-hybridized carbons (Fsp3) is 0.250. The molecule has 1 aromatic rings. The van der Waals surface area contributed by atoms with E-state index in [0.717, 1.165) is 19.2 Å². The SMILES string of the molecule is COc1cc([N+](=O)[O-])c(N(C)N=O)c([N+](=O)[O-])c1. The molecule has 0 aliphatic carbocycles. The van der Waals surface area contributed by atoms with Crippen molar-refractivity contribution in [2.24, 2.45) is 5.29 Å². The average molecular weight is 256 g/mol. The van der Waals surface area contributed by atoms with Gasteiger partial charge in [-0.1, -0.05) is 0 Å². The van der Waals surface area contributed by atoms with Crippen LogP contribution in [0.5, 0.6) is 5.75 Å². The van der Waals surface area contributed by atoms with Crippen molar-refractivity contribution in [3.05, 3.63) is 37.3 Å². The maximum Gasteiger partial charge on any atom is 0.305 e. The second-order valence-corrected chi connectivity index (χ2v) is 3.13. The molecule has 0 amide bonds. The van der Waals surface area contributed by atoms with E-state index in [9.17, 15) is 25.1 Å². The Balaban J connectivity index is 3.65. The van der Waals surface area contributed by atoms with Gasteiger partial charge in [0.25, 0.3) is 0 Å². The predicted octanol–water partition coefficient (Wildman–Crippen LogP) is 1.63. The van der Waals surface area contributed by atoms with Crippen LogP contribution in [0.4, 0.5) is 17.1 Å². The molecule has 1 rings (SSSR count). The number of nitrogens with zero attached hydrogens (tertiary/aromatic N) is 4. The predicted molar refractivity (Wildman–Crippen MR) is 60.5 cm³/mol. The number of rotatable bonds is 5. The summed E-state index contributed by atoms with van der Waals surface area (Å²) in [5.74, 6) is -0.0588. The van der Waals surface area contributed by atoms with Crippen LogP contribution in [0.25, 0.3) is 0 Å². The zero-order valence-corrected chi connectivity index (χ0v) is 9.39. The van der Waals surface area contributed by atoms with Gasteiger partial charge in [0.1, 0.15) is 5.75 Å². The van der Waals surface area contributed by atoms with E-state index in [1.807, 2.05) is 0 Å². The summed E-state index contributed by atoms with van der Waals surface area (Å²) in [7, 11) is 2.29. The summed E-state index contributed by atoms with van der Waals surface area (Å²) in [5.41, 5.74) is -1.77. The highest BCUT2D eigenvalue weighted by Crippen LogP contribution is 2.40. The van der Waals surface area contributed by atoms with Crippen LogP contribution < -0.4 is 9.75 Å². The molecule has 0 heterocycles. The minimum atomic E-state index is -0.855. The lowest BCUT2D eigenvalue weighted by atomic mass is 10.2. The summed E-state index contributed by atoms with van der Waals surface area (Å²) in [6, 6.07) is 1.95. The summed E-state index contributed by atoms with van der Waals surface area (Å²) in [4.78, 5) is 30.4. The van der Waals surface area contributed by atoms with Gasteiger partial charge in [-0.15, -0.1) is 4.91 Å². The van der Waals surface area contributed by atoms with E-state index in [1.54, 1.807) is 0 Å². The minimum Gasteiger partial charge on any atom is -0.496 e. The first-order valence-electron chi connectivity index (χ1n) is 4.50. The van der Waals surface area contributed by atoms with Gasteiger partial charge in [0.05, 0.1) is 34.4 Å². The first-order valence-corrected chi connectivity index (χ1v) is 4.50. The molecule has 0 unspecified atom stereocenters. The Labute approximate surface area is 100 Å². The maximum atomic E-state index is 10.8. The molecule has 10 nitrogen and oxygen atoms in total. The van der Waals surface area contributed by atoms with Crippen molar-refractivity contribution < 1.29 is 14.6 Å². The molecular formula is C8H8N4O6. The quantitative estimate of drug-likeness (QED) is 0.444. The molecule has 0 bridgehead atoms. The highest BCUT2D eigenvalue weighted by atomic mass is 16.6. The van der Waals surface area contributed by atoms with Gasteiger partial charge in [-0.2, -0.15) is 0 Å². The van der Waals surface area contributed by atoms with E-state index < -0.39 is 26.9 Å². The zero-order valence-electron chi connectivity index (χ0n) is 9.39. The molecule has 0 aliphatic heterocycles. The lowest BCUT2D eigenvalue weighted by molar-refractivity contribution is -0.392. The van der Waals surface area contributed by atoms with E-state index >= 15 is 0 Å². The number of nitro groups is 2. The van der Waals surface area contributed by atoms with Gasteiger partial charge in [0.2, 0.25) is 5.69 Å². The number of methoxy groups -OCH3 is 1. The number of anilines is 1. The molecular weight excluding hydrogens is 248 g/mol. The van der Waals surface area contributed by atoms with Crippen molar-refractivity contribution in [2.45, 2.75) is 0 Å². The third-order valence-electron chi connectivity index (χ3n) is 2.12. The molecule has 0 radical (unpaired) electrons. The molecule has 0 fully saturated rings. The second kappa shape index (κ2) is 5.03. The van der Waals surface area contributed by atoms with Crippen LogP contribution in [0.1, 0.15) is 0 Å². The van der Waals surface area contributed by atoms with Gasteiger partial charge in [-0.3, -0.25) is 20.2 Å². The van der Waals surface area contributed by atoms with E-state index in [-0.39, 0.29) is 5.75 Å². The molecule has 0 spiro atoms. The number of nitroso groups, excluding NO2 is 1. The van der Waals surface area contributed by atoms with Crippen molar-refractivity contribution in [2.75, 3.05) is 19.2 Å². The van der Waals surface area contributed by atoms with Gasteiger partial charge >= 0.3 is 11.4 Å². The fourth-order valence-electron chi connectivity index (χ4n) is 1.35. The van der Waals surface area contributed by atoms with Gasteiger partial charge < -0.3 is 4.74 Å². The number of ether oxygens (including phenoxy) is 1. The Morgan fingerprint density at radius 3 is 1.94 bits per heavy atom. The lowest BCUT2D eigenvalue weighted by Crippen LogP contribution is -2.12. The van der Waals surface area contributed by atoms with Gasteiger partial charge in [0, 0.05) is 7.05 Å². The van der Waals surface area contributed by atoms with Crippen molar-refractivity contribution in [3.8, 4) is 5.75 Å². The molecule has 0 atom stereocenters. The van der Waals surface area contributed by atoms with E-state index in [0.29, 0.717) is 5.01 Å². The number of nitro benzene ring substituents is 2. The molecule has 1 aromatic carbocycles. The Morgan fingerprint density at radius 2 is 1.67 bits per heavy atom. The van der Waals surface area contributed by atoms with Crippen molar-refractivity contribution in [3.63, 3.8) is 0 Å². The largest absolute Gasteiger partial charge is 0.496 e. The Bertz CT molecular complexity index is 481. The molecule has 18 heavy (non-hydrogen) atoms. The standard InChI is InChI=1S/C8H8N4O6/c1-10(9-13)8-6(11(14)15)3-5(18-2)4-7(8)12(16)17/h3-4H,1-2H3. The summed E-state index contributed by atoms with van der Waals surface area (Å²) < 4.78 is 4.73. The van der Waals surface area contributed by atoms with Crippen molar-refractivity contribution in [1.29, 1.82) is 0 Å². The first-order chi connectivity index (χ1) is 8.42. The van der Waals surface area contributed by atoms with Crippen LogP contribution in [0.3, 0.4) is 0 Å². The number of hydrogen-bond acceptors (Lipinski definition) is 7. The summed E-state index contributed by atoms with van der Waals surface area (Å²) in [6.45, 7) is 0. The highest BCUT2D eigenvalue weighted by molar-refractivity contribution is 5.76. The summed E-state index contributed by atoms with van der Waals surface area (Å²) in [5, 5.41) is 24.6. The monoisotopic (exact) mass is 256 g/mol. The molecule has 0 saturated heterocycles. The highest BCUT2D eigenvalue weighted by Gasteiger charge is 2.30. The summed E-state index contributed by atoms with van der Waals surface area (Å²) >= 11 is 0.